The van der Waals surface area contributed by atoms with Crippen LogP contribution in [0.4, 0.5) is 10.5 Å². The van der Waals surface area contributed by atoms with Crippen molar-refractivity contribution in [2.75, 3.05) is 32.6 Å². The number of hydrogen-bond donors (Lipinski definition) is 5. The molecule has 0 aromatic heterocycles. The molecule has 1 fully saturated rings. The number of carbonyl (C=O) groups excluding carboxylic acids is 2. The molecule has 1 aliphatic rings. The molecule has 4 aromatic rings. The minimum Gasteiger partial charge on any atom is -0.508 e. The lowest BCUT2D eigenvalue weighted by Gasteiger charge is -2.38. The minimum absolute atomic E-state index is 0.0543. The zero-order valence-corrected chi connectivity index (χ0v) is 27.6. The van der Waals surface area contributed by atoms with E-state index in [1.807, 2.05) is 78.7 Å². The van der Waals surface area contributed by atoms with Gasteiger partial charge < -0.3 is 45.1 Å². The number of urea groups is 1. The second-order valence-electron chi connectivity index (χ2n) is 12.2. The molecule has 49 heavy (non-hydrogen) atoms. The maximum Gasteiger partial charge on any atom is 0.328 e. The molecule has 0 bridgehead atoms. The molecular weight excluding hydrogens is 626 g/mol. The Labute approximate surface area is 286 Å². The summed E-state index contributed by atoms with van der Waals surface area (Å²) >= 11 is 0. The molecule has 258 valence electrons. The molecule has 1 saturated heterocycles. The summed E-state index contributed by atoms with van der Waals surface area (Å²) in [7, 11) is 3.19. The van der Waals surface area contributed by atoms with Gasteiger partial charge in [-0.25, -0.2) is 9.59 Å². The van der Waals surface area contributed by atoms with Crippen LogP contribution in [0.1, 0.15) is 52.7 Å². The number of carbonyl (C=O) groups is 2. The summed E-state index contributed by atoms with van der Waals surface area (Å²) in [4.78, 5) is 27.2. The summed E-state index contributed by atoms with van der Waals surface area (Å²) in [6, 6.07) is 29.2. The van der Waals surface area contributed by atoms with E-state index < -0.39 is 30.4 Å². The Hall–Kier alpha value is -4.78. The summed E-state index contributed by atoms with van der Waals surface area (Å²) in [6.45, 7) is 0.779. The van der Waals surface area contributed by atoms with Gasteiger partial charge in [-0.15, -0.1) is 0 Å². The van der Waals surface area contributed by atoms with Crippen LogP contribution in [0.5, 0.6) is 5.75 Å². The maximum absolute atomic E-state index is 12.9. The minimum atomic E-state index is -0.866. The highest BCUT2D eigenvalue weighted by atomic mass is 16.7. The number of nitrogens with zero attached hydrogens (tertiary/aromatic N) is 1. The molecule has 0 saturated carbocycles. The smallest absolute Gasteiger partial charge is 0.328 e. The molecule has 11 heteroatoms. The van der Waals surface area contributed by atoms with E-state index in [2.05, 4.69) is 10.6 Å². The zero-order valence-electron chi connectivity index (χ0n) is 27.6. The first-order chi connectivity index (χ1) is 23.7. The third-order valence-corrected chi connectivity index (χ3v) is 8.38. The van der Waals surface area contributed by atoms with Gasteiger partial charge in [-0.1, -0.05) is 78.9 Å². The van der Waals surface area contributed by atoms with Crippen LogP contribution < -0.4 is 10.6 Å². The number of benzene rings is 4. The number of hydrogen-bond acceptors (Lipinski definition) is 9. The van der Waals surface area contributed by atoms with Gasteiger partial charge in [-0.3, -0.25) is 0 Å². The largest absolute Gasteiger partial charge is 0.508 e. The second-order valence-corrected chi connectivity index (χ2v) is 12.2. The summed E-state index contributed by atoms with van der Waals surface area (Å²) in [6.07, 6.45) is -1.23. The van der Waals surface area contributed by atoms with E-state index in [1.54, 1.807) is 36.4 Å². The monoisotopic (exact) mass is 669 g/mol. The Morgan fingerprint density at radius 3 is 2.31 bits per heavy atom. The Bertz CT molecular complexity index is 1650. The van der Waals surface area contributed by atoms with Crippen LogP contribution in [-0.2, 0) is 32.0 Å². The van der Waals surface area contributed by atoms with E-state index in [0.29, 0.717) is 30.8 Å². The average molecular weight is 670 g/mol. The fourth-order valence-electron chi connectivity index (χ4n) is 5.82. The molecule has 1 heterocycles. The molecule has 5 rings (SSSR count). The Kier molecular flexibility index (Phi) is 12.4. The van der Waals surface area contributed by atoms with Crippen molar-refractivity contribution in [3.05, 3.63) is 131 Å². The third-order valence-electron chi connectivity index (χ3n) is 8.38. The molecule has 2 amide bonds. The van der Waals surface area contributed by atoms with E-state index in [1.165, 1.54) is 7.11 Å². The van der Waals surface area contributed by atoms with Gasteiger partial charge in [0.2, 0.25) is 0 Å². The zero-order chi connectivity index (χ0) is 34.8. The van der Waals surface area contributed by atoms with Crippen molar-refractivity contribution in [2.24, 2.45) is 0 Å². The Balaban J connectivity index is 1.25. The van der Waals surface area contributed by atoms with E-state index in [9.17, 15) is 24.9 Å². The Morgan fingerprint density at radius 2 is 1.63 bits per heavy atom. The normalized spacial score (nSPS) is 18.8. The lowest BCUT2D eigenvalue weighted by atomic mass is 9.99. The van der Waals surface area contributed by atoms with Crippen molar-refractivity contribution in [1.29, 1.82) is 0 Å². The molecular formula is C38H43N3O8. The summed E-state index contributed by atoms with van der Waals surface area (Å²) in [5.41, 5.74) is 4.51. The molecule has 5 atom stereocenters. The van der Waals surface area contributed by atoms with Gasteiger partial charge in [0.25, 0.3) is 0 Å². The molecule has 1 aliphatic heterocycles. The highest BCUT2D eigenvalue weighted by molar-refractivity contribution is 5.92. The number of ether oxygens (including phenoxy) is 3. The highest BCUT2D eigenvalue weighted by Crippen LogP contribution is 2.38. The van der Waals surface area contributed by atoms with Crippen LogP contribution in [0.15, 0.2) is 103 Å². The number of aliphatic hydroxyl groups excluding tert-OH is 2. The Morgan fingerprint density at radius 1 is 0.918 bits per heavy atom. The summed E-state index contributed by atoms with van der Waals surface area (Å²) in [5.74, 6) is -0.448. The van der Waals surface area contributed by atoms with Crippen LogP contribution in [0.3, 0.4) is 0 Å². The topological polar surface area (TPSA) is 150 Å². The predicted octanol–water partition coefficient (Wildman–Crippen LogP) is 5.00. The van der Waals surface area contributed by atoms with Gasteiger partial charge >= 0.3 is 12.0 Å². The number of anilines is 1. The van der Waals surface area contributed by atoms with Gasteiger partial charge in [0, 0.05) is 37.2 Å². The van der Waals surface area contributed by atoms with E-state index in [0.717, 1.165) is 22.3 Å². The third kappa shape index (κ3) is 10.1. The molecule has 0 spiro atoms. The van der Waals surface area contributed by atoms with E-state index in [4.69, 9.17) is 14.2 Å². The van der Waals surface area contributed by atoms with Gasteiger partial charge in [-0.2, -0.15) is 0 Å². The number of aliphatic hydroxyl groups is 2. The number of methoxy groups -OCH3 is 1. The lowest BCUT2D eigenvalue weighted by Crippen LogP contribution is -2.45. The number of esters is 1. The summed E-state index contributed by atoms with van der Waals surface area (Å²) in [5, 5.41) is 35.6. The quantitative estimate of drug-likeness (QED) is 0.124. The van der Waals surface area contributed by atoms with Crippen molar-refractivity contribution in [2.45, 2.75) is 50.1 Å². The van der Waals surface area contributed by atoms with Crippen LogP contribution in [0.25, 0.3) is 0 Å². The van der Waals surface area contributed by atoms with Crippen LogP contribution >= 0.6 is 0 Å². The lowest BCUT2D eigenvalue weighted by molar-refractivity contribution is -0.252. The molecule has 0 unspecified atom stereocenters. The predicted molar refractivity (Wildman–Crippen MR) is 184 cm³/mol. The molecule has 4 aromatic carbocycles. The molecule has 0 radical (unpaired) electrons. The van der Waals surface area contributed by atoms with E-state index in [-0.39, 0.29) is 31.0 Å². The van der Waals surface area contributed by atoms with Crippen LogP contribution in [0.2, 0.25) is 0 Å². The van der Waals surface area contributed by atoms with Gasteiger partial charge in [0.05, 0.1) is 32.0 Å². The van der Waals surface area contributed by atoms with Gasteiger partial charge in [0.15, 0.2) is 6.29 Å². The molecule has 5 N–H and O–H groups in total. The number of rotatable bonds is 13. The molecule has 0 aliphatic carbocycles. The van der Waals surface area contributed by atoms with Crippen LogP contribution in [-0.4, -0.2) is 71.6 Å². The molecule has 11 nitrogen and oxygen atoms in total. The van der Waals surface area contributed by atoms with Crippen molar-refractivity contribution in [3.8, 4) is 5.75 Å². The van der Waals surface area contributed by atoms with Crippen molar-refractivity contribution < 1.29 is 39.1 Å². The van der Waals surface area contributed by atoms with Crippen molar-refractivity contribution >= 4 is 17.7 Å². The maximum atomic E-state index is 12.9. The van der Waals surface area contributed by atoms with Gasteiger partial charge in [-0.05, 0) is 53.6 Å². The number of likely N-dealkylation sites (N-methyl/N-ethyl adjacent to an activating group) is 1. The first-order valence-corrected chi connectivity index (χ1v) is 16.2. The van der Waals surface area contributed by atoms with Crippen molar-refractivity contribution in [3.63, 3.8) is 0 Å². The van der Waals surface area contributed by atoms with E-state index >= 15 is 0 Å². The number of amides is 2. The fraction of sp³-hybridized carbons (Fsp3) is 0.316. The second kappa shape index (κ2) is 17.0. The standard InChI is InChI=1S/C38H43N3O8/c1-41(23-34(44)29-9-6-10-31(43)20-29)22-32-21-35(27-13-11-26(24-42)12-14-27)49-37(48-32)28-15-17-30(18-16-28)39-38(46)40-33(36(45)47-2)19-25-7-4-3-5-8-25/h3-18,20,32-35,37,42-44H,19,21-24H2,1-2H3,(H2,39,40,46)/t32-,33-,34+,35+,37+/m0/s1. The number of nitrogens with one attached hydrogen (secondary N) is 2. The fourth-order valence-corrected chi connectivity index (χ4v) is 5.82. The highest BCUT2D eigenvalue weighted by Gasteiger charge is 2.33. The first-order valence-electron chi connectivity index (χ1n) is 16.2. The average Bonchev–Trinajstić information content (AvgIpc) is 3.11. The number of phenols is 1. The number of aromatic hydroxyl groups is 1. The SMILES string of the molecule is COC(=O)[C@H](Cc1ccccc1)NC(=O)Nc1ccc([C@@H]2O[C@H](CN(C)C[C@@H](O)c3cccc(O)c3)C[C@H](c3ccc(CO)cc3)O2)cc1. The first kappa shape index (κ1) is 35.5. The van der Waals surface area contributed by atoms with Gasteiger partial charge in [0.1, 0.15) is 11.8 Å². The number of phenolic OH excluding ortho intramolecular Hbond substituents is 1. The van der Waals surface area contributed by atoms with Crippen molar-refractivity contribution in [1.82, 2.24) is 10.2 Å². The summed E-state index contributed by atoms with van der Waals surface area (Å²) < 4.78 is 17.8. The van der Waals surface area contributed by atoms with Crippen LogP contribution in [0, 0.1) is 0 Å².